The molecule has 2 unspecified atom stereocenters. The van der Waals surface area contributed by atoms with Crippen LogP contribution < -0.4 is 15.8 Å². The van der Waals surface area contributed by atoms with Crippen molar-refractivity contribution in [3.05, 3.63) is 17.6 Å². The normalized spacial score (nSPS) is 35.0. The fraction of sp³-hybridized carbons (Fsp3) is 0.588. The molecular weight excluding hydrogens is 342 g/mol. The number of methoxy groups -OCH3 is 1. The Bertz CT molecular complexity index is 1370. The van der Waals surface area contributed by atoms with Gasteiger partial charge in [-0.3, -0.25) is 9.69 Å². The van der Waals surface area contributed by atoms with Crippen LogP contribution in [-0.4, -0.2) is 57.5 Å². The third-order valence-corrected chi connectivity index (χ3v) is 4.40. The van der Waals surface area contributed by atoms with Crippen molar-refractivity contribution >= 4 is 21.4 Å². The van der Waals surface area contributed by atoms with Crippen molar-refractivity contribution in [2.45, 2.75) is 37.5 Å². The minimum absolute atomic E-state index is 0.266. The molecule has 1 aromatic rings. The van der Waals surface area contributed by atoms with E-state index in [-0.39, 0.29) is 6.42 Å². The summed E-state index contributed by atoms with van der Waals surface area (Å²) in [6.45, 7) is -15.4. The molecule has 1 amide bonds. The highest BCUT2D eigenvalue weighted by atomic mass is 32.2. The summed E-state index contributed by atoms with van der Waals surface area (Å²) in [6.07, 6.45) is -0.661. The molecule has 2 rings (SSSR count). The van der Waals surface area contributed by atoms with Crippen molar-refractivity contribution in [1.29, 1.82) is 0 Å². The molecule has 1 aliphatic rings. The standard InChI is InChI=1S/C17H27N3O4S/c1-4-20-8-6-7-12(20)11-19-17(21)13-9-16(25(22,23)5-2)14(18)10-15(13)24-3/h9-10,12H,4-8,11,18H2,1-3H3,(H,19,21)/i1D3,2D3,3D3,4D2,5D2,8D,9D,10D,11D2. The first-order chi connectivity index (χ1) is 18.8. The van der Waals surface area contributed by atoms with Crippen LogP contribution in [0.25, 0.3) is 0 Å². The summed E-state index contributed by atoms with van der Waals surface area (Å²) < 4.78 is 170. The van der Waals surface area contributed by atoms with E-state index in [1.807, 2.05) is 0 Å². The van der Waals surface area contributed by atoms with E-state index in [0.29, 0.717) is 4.90 Å². The molecule has 1 heterocycles. The van der Waals surface area contributed by atoms with Crippen LogP contribution in [0.5, 0.6) is 5.75 Å². The smallest absolute Gasteiger partial charge is 0.255 e. The lowest BCUT2D eigenvalue weighted by atomic mass is 10.1. The molecular formula is C17H27N3O4S. The first kappa shape index (κ1) is 6.42. The van der Waals surface area contributed by atoms with Crippen LogP contribution in [0.15, 0.2) is 17.0 Å². The van der Waals surface area contributed by atoms with E-state index in [1.54, 1.807) is 5.32 Å². The van der Waals surface area contributed by atoms with Crippen LogP contribution in [0, 0.1) is 0 Å². The van der Waals surface area contributed by atoms with Crippen molar-refractivity contribution in [2.75, 3.05) is 38.0 Å². The van der Waals surface area contributed by atoms with Gasteiger partial charge in [-0.1, -0.05) is 13.7 Å². The van der Waals surface area contributed by atoms with Crippen LogP contribution in [0.1, 0.15) is 61.6 Å². The first-order valence-electron chi connectivity index (χ1n) is 15.8. The number of carbonyl (C=O) groups excluding carboxylic acids is 1. The molecule has 0 saturated carbocycles. The van der Waals surface area contributed by atoms with Crippen molar-refractivity contribution in [3.63, 3.8) is 0 Å². The molecule has 8 heteroatoms. The Labute approximate surface area is 174 Å². The lowest BCUT2D eigenvalue weighted by Crippen LogP contribution is -2.40. The fourth-order valence-electron chi connectivity index (χ4n) is 2.09. The Morgan fingerprint density at radius 2 is 2.44 bits per heavy atom. The highest BCUT2D eigenvalue weighted by molar-refractivity contribution is 7.91. The van der Waals surface area contributed by atoms with Crippen LogP contribution in [0.4, 0.5) is 5.69 Å². The molecule has 25 heavy (non-hydrogen) atoms. The van der Waals surface area contributed by atoms with Crippen molar-refractivity contribution in [2.24, 2.45) is 0 Å². The Morgan fingerprint density at radius 1 is 1.60 bits per heavy atom. The predicted octanol–water partition coefficient (Wildman–Crippen LogP) is 1.29. The van der Waals surface area contributed by atoms with E-state index < -0.39 is 108 Å². The maximum Gasteiger partial charge on any atom is 0.255 e. The van der Waals surface area contributed by atoms with E-state index in [0.717, 1.165) is 0 Å². The van der Waals surface area contributed by atoms with Gasteiger partial charge in [-0.2, -0.15) is 0 Å². The predicted molar refractivity (Wildman–Crippen MR) is 97.7 cm³/mol. The molecule has 7 nitrogen and oxygen atoms in total. The molecule has 1 fully saturated rings. The zero-order valence-corrected chi connectivity index (χ0v) is 13.5. The second kappa shape index (κ2) is 8.05. The maximum absolute atomic E-state index is 13.4. The topological polar surface area (TPSA) is 102 Å². The zero-order chi connectivity index (χ0) is 34.1. The van der Waals surface area contributed by atoms with Crippen LogP contribution in [0.3, 0.4) is 0 Å². The minimum atomic E-state index is -5.88. The number of benzene rings is 1. The highest BCUT2D eigenvalue weighted by Gasteiger charge is 2.25. The average Bonchev–Trinajstić information content (AvgIpc) is 3.17. The molecule has 1 saturated heterocycles. The quantitative estimate of drug-likeness (QED) is 0.684. The monoisotopic (exact) mass is 387 g/mol. The van der Waals surface area contributed by atoms with Crippen molar-refractivity contribution < 1.29 is 42.6 Å². The van der Waals surface area contributed by atoms with Crippen LogP contribution >= 0.6 is 0 Å². The lowest BCUT2D eigenvalue weighted by Gasteiger charge is -2.23. The Balaban J connectivity index is 2.83. The van der Waals surface area contributed by atoms with Gasteiger partial charge in [0.2, 0.25) is 0 Å². The minimum Gasteiger partial charge on any atom is -0.496 e. The van der Waals surface area contributed by atoms with E-state index in [4.69, 9.17) is 30.4 Å². The van der Waals surface area contributed by atoms with E-state index in [1.165, 1.54) is 0 Å². The largest absolute Gasteiger partial charge is 0.496 e. The summed E-state index contributed by atoms with van der Waals surface area (Å²) >= 11 is 0. The number of hydrogen-bond donors (Lipinski definition) is 2. The van der Waals surface area contributed by atoms with Gasteiger partial charge in [0, 0.05) is 33.7 Å². The van der Waals surface area contributed by atoms with Gasteiger partial charge in [0.05, 0.1) is 38.5 Å². The third kappa shape index (κ3) is 4.24. The van der Waals surface area contributed by atoms with Gasteiger partial charge in [0.15, 0.2) is 9.84 Å². The molecule has 3 N–H and O–H groups in total. The van der Waals surface area contributed by atoms with E-state index in [2.05, 4.69) is 4.74 Å². The van der Waals surface area contributed by atoms with Gasteiger partial charge in [0.1, 0.15) is 5.75 Å². The van der Waals surface area contributed by atoms with Crippen LogP contribution in [0.2, 0.25) is 0 Å². The summed E-state index contributed by atoms with van der Waals surface area (Å²) in [4.78, 5) is 12.1. The molecule has 0 bridgehead atoms. The fourth-order valence-corrected chi connectivity index (χ4v) is 2.77. The molecule has 1 aliphatic heterocycles. The molecule has 140 valence electrons. The molecule has 2 atom stereocenters. The van der Waals surface area contributed by atoms with Crippen LogP contribution in [-0.2, 0) is 9.84 Å². The number of likely N-dealkylation sites (tertiary alicyclic amines) is 1. The van der Waals surface area contributed by atoms with Gasteiger partial charge in [0.25, 0.3) is 5.91 Å². The van der Waals surface area contributed by atoms with Gasteiger partial charge in [-0.25, -0.2) is 8.42 Å². The number of nitrogens with two attached hydrogens (primary N) is 1. The summed E-state index contributed by atoms with van der Waals surface area (Å²) in [5, 5.41) is 1.66. The summed E-state index contributed by atoms with van der Waals surface area (Å²) in [6, 6.07) is -4.94. The Morgan fingerprint density at radius 3 is 3.16 bits per heavy atom. The summed E-state index contributed by atoms with van der Waals surface area (Å²) in [5.74, 6) is -3.26. The van der Waals surface area contributed by atoms with Crippen molar-refractivity contribution in [3.8, 4) is 5.75 Å². The summed E-state index contributed by atoms with van der Waals surface area (Å²) in [7, 11) is -9.38. The first-order valence-corrected chi connectivity index (χ1v) is 8.22. The molecule has 0 aromatic heterocycles. The molecule has 1 aromatic carbocycles. The number of nitrogens with one attached hydrogen (secondary N) is 1. The second-order valence-electron chi connectivity index (χ2n) is 4.80. The number of nitrogen functional groups attached to an aromatic ring is 1. The average molecular weight is 388 g/mol. The molecule has 0 radical (unpaired) electrons. The second-order valence-corrected chi connectivity index (χ2v) is 6.42. The zero-order valence-electron chi connectivity index (χ0n) is 30.6. The van der Waals surface area contributed by atoms with Gasteiger partial charge in [-0.15, -0.1) is 0 Å². The number of sulfone groups is 1. The van der Waals surface area contributed by atoms with Gasteiger partial charge in [-0.05, 0) is 31.9 Å². The number of carbonyl (C=O) groups is 1. The number of hydrogen-bond acceptors (Lipinski definition) is 6. The summed E-state index contributed by atoms with van der Waals surface area (Å²) in [5.41, 5.74) is -1.40. The van der Waals surface area contributed by atoms with Crippen molar-refractivity contribution in [1.82, 2.24) is 10.2 Å². The van der Waals surface area contributed by atoms with E-state index >= 15 is 0 Å². The number of nitrogens with zero attached hydrogens (tertiary/aromatic N) is 1. The number of rotatable bonds is 7. The molecule has 0 aliphatic carbocycles. The Hall–Kier alpha value is -1.80. The lowest BCUT2D eigenvalue weighted by molar-refractivity contribution is 0.0938. The number of amides is 1. The number of likely N-dealkylation sites (N-methyl/N-ethyl adjacent to an activating group) is 1. The number of ether oxygens (including phenoxy) is 1. The maximum atomic E-state index is 13.4. The third-order valence-electron chi connectivity index (χ3n) is 3.27. The van der Waals surface area contributed by atoms with E-state index in [9.17, 15) is 13.2 Å². The highest BCUT2D eigenvalue weighted by Crippen LogP contribution is 2.29. The SMILES string of the molecule is [2H]c1c(N)c(S(=O)(=O)C([2H])([2H])C([2H])([2H])[2H])c([2H])c(C(=O)NC([2H])([2H])C2CCC([2H])N2C([2H])([2H])C([2H])([2H])[2H])c1OC([2H])([2H])[2H]. The number of anilines is 1. The van der Waals surface area contributed by atoms with Gasteiger partial charge < -0.3 is 15.8 Å². The molecule has 0 spiro atoms. The Kier molecular flexibility index (Phi) is 2.07. The van der Waals surface area contributed by atoms with Gasteiger partial charge >= 0.3 is 0 Å².